The molecular weight excluding hydrogens is 288 g/mol. The van der Waals surface area contributed by atoms with Crippen LogP contribution in [0.25, 0.3) is 0 Å². The van der Waals surface area contributed by atoms with Crippen LogP contribution in [0.1, 0.15) is 32.3 Å². The Hall–Kier alpha value is -0.480. The van der Waals surface area contributed by atoms with Crippen LogP contribution in [0.4, 0.5) is 8.78 Å². The molecule has 0 aliphatic carbocycles. The van der Waals surface area contributed by atoms with Gasteiger partial charge < -0.3 is 0 Å². The van der Waals surface area contributed by atoms with Gasteiger partial charge in [0, 0.05) is 23.1 Å². The van der Waals surface area contributed by atoms with Crippen molar-refractivity contribution in [3.63, 3.8) is 0 Å². The molecule has 2 unspecified atom stereocenters. The van der Waals surface area contributed by atoms with Gasteiger partial charge in [-0.1, -0.05) is 15.9 Å². The van der Waals surface area contributed by atoms with Crippen LogP contribution in [0.3, 0.4) is 0 Å². The predicted molar refractivity (Wildman–Crippen MR) is 67.8 cm³/mol. The zero-order valence-electron chi connectivity index (χ0n) is 10.0. The van der Waals surface area contributed by atoms with Crippen molar-refractivity contribution in [1.29, 1.82) is 0 Å². The second-order valence-electron chi connectivity index (χ2n) is 4.81. The van der Waals surface area contributed by atoms with Crippen molar-refractivity contribution < 1.29 is 8.78 Å². The average Bonchev–Trinajstić information content (AvgIpc) is 2.57. The Morgan fingerprint density at radius 1 is 1.18 bits per heavy atom. The van der Waals surface area contributed by atoms with E-state index in [0.29, 0.717) is 23.1 Å². The van der Waals surface area contributed by atoms with Crippen molar-refractivity contribution in [1.82, 2.24) is 4.90 Å². The maximum atomic E-state index is 13.2. The molecule has 0 N–H and O–H groups in total. The SMILES string of the molecule is CC1CCC(C)N1Cc1cc(F)c(F)cc1Br. The predicted octanol–water partition coefficient (Wildman–Crippen LogP) is 4.10. The highest BCUT2D eigenvalue weighted by Crippen LogP contribution is 2.29. The van der Waals surface area contributed by atoms with Crippen molar-refractivity contribution in [2.75, 3.05) is 0 Å². The first-order valence-electron chi connectivity index (χ1n) is 5.88. The van der Waals surface area contributed by atoms with E-state index in [9.17, 15) is 8.78 Å². The summed E-state index contributed by atoms with van der Waals surface area (Å²) in [6.07, 6.45) is 2.34. The molecule has 1 aliphatic heterocycles. The van der Waals surface area contributed by atoms with Gasteiger partial charge in [0.15, 0.2) is 11.6 Å². The van der Waals surface area contributed by atoms with Crippen LogP contribution in [0.2, 0.25) is 0 Å². The van der Waals surface area contributed by atoms with Crippen LogP contribution < -0.4 is 0 Å². The summed E-state index contributed by atoms with van der Waals surface area (Å²) in [7, 11) is 0. The first kappa shape index (κ1) is 13.0. The third-order valence-electron chi connectivity index (χ3n) is 3.58. The molecule has 0 radical (unpaired) electrons. The van der Waals surface area contributed by atoms with Gasteiger partial charge in [-0.15, -0.1) is 0 Å². The third-order valence-corrected chi connectivity index (χ3v) is 4.31. The van der Waals surface area contributed by atoms with Crippen LogP contribution in [0.15, 0.2) is 16.6 Å². The van der Waals surface area contributed by atoms with Crippen LogP contribution in [0.5, 0.6) is 0 Å². The second-order valence-corrected chi connectivity index (χ2v) is 5.66. The smallest absolute Gasteiger partial charge is 0.159 e. The van der Waals surface area contributed by atoms with Crippen LogP contribution >= 0.6 is 15.9 Å². The van der Waals surface area contributed by atoms with Gasteiger partial charge >= 0.3 is 0 Å². The van der Waals surface area contributed by atoms with E-state index in [0.717, 1.165) is 5.56 Å². The van der Waals surface area contributed by atoms with Crippen molar-refractivity contribution in [3.05, 3.63) is 33.8 Å². The molecule has 2 rings (SSSR count). The van der Waals surface area contributed by atoms with E-state index in [-0.39, 0.29) is 0 Å². The average molecular weight is 304 g/mol. The van der Waals surface area contributed by atoms with E-state index in [4.69, 9.17) is 0 Å². The Balaban J connectivity index is 2.21. The zero-order chi connectivity index (χ0) is 12.6. The largest absolute Gasteiger partial charge is 0.294 e. The van der Waals surface area contributed by atoms with Crippen molar-refractivity contribution in [2.24, 2.45) is 0 Å². The highest BCUT2D eigenvalue weighted by atomic mass is 79.9. The molecule has 0 saturated carbocycles. The molecule has 1 aliphatic rings. The minimum atomic E-state index is -0.803. The van der Waals surface area contributed by atoms with E-state index in [1.165, 1.54) is 25.0 Å². The Morgan fingerprint density at radius 2 is 1.71 bits per heavy atom. The molecule has 1 heterocycles. The molecule has 1 fully saturated rings. The van der Waals surface area contributed by atoms with Crippen molar-refractivity contribution in [2.45, 2.75) is 45.3 Å². The number of likely N-dealkylation sites (tertiary alicyclic amines) is 1. The lowest BCUT2D eigenvalue weighted by atomic mass is 10.2. The van der Waals surface area contributed by atoms with Crippen LogP contribution in [0, 0.1) is 11.6 Å². The summed E-state index contributed by atoms with van der Waals surface area (Å²) >= 11 is 3.30. The minimum Gasteiger partial charge on any atom is -0.294 e. The van der Waals surface area contributed by atoms with E-state index in [1.54, 1.807) is 0 Å². The van der Waals surface area contributed by atoms with Gasteiger partial charge in [-0.2, -0.15) is 0 Å². The first-order valence-corrected chi connectivity index (χ1v) is 6.67. The Bertz CT molecular complexity index is 412. The Morgan fingerprint density at radius 3 is 2.29 bits per heavy atom. The number of halogens is 3. The summed E-state index contributed by atoms with van der Waals surface area (Å²) in [5.41, 5.74) is 0.810. The normalized spacial score (nSPS) is 25.5. The zero-order valence-corrected chi connectivity index (χ0v) is 11.6. The van der Waals surface area contributed by atoms with Crippen LogP contribution in [-0.4, -0.2) is 17.0 Å². The standard InChI is InChI=1S/C13H16BrF2N/c1-8-3-4-9(2)17(8)7-10-5-12(15)13(16)6-11(10)14/h5-6,8-9H,3-4,7H2,1-2H3. The van der Waals surface area contributed by atoms with Gasteiger partial charge in [-0.05, 0) is 44.4 Å². The molecule has 0 aromatic heterocycles. The summed E-state index contributed by atoms with van der Waals surface area (Å²) in [6.45, 7) is 5.02. The molecule has 1 saturated heterocycles. The van der Waals surface area contributed by atoms with Gasteiger partial charge in [0.25, 0.3) is 0 Å². The number of hydrogen-bond donors (Lipinski definition) is 0. The van der Waals surface area contributed by atoms with Gasteiger partial charge in [-0.25, -0.2) is 8.78 Å². The fourth-order valence-electron chi connectivity index (χ4n) is 2.44. The lowest BCUT2D eigenvalue weighted by molar-refractivity contribution is 0.204. The molecule has 2 atom stereocenters. The summed E-state index contributed by atoms with van der Waals surface area (Å²) in [5.74, 6) is -1.58. The van der Waals surface area contributed by atoms with Gasteiger partial charge in [0.1, 0.15) is 0 Å². The third kappa shape index (κ3) is 2.68. The van der Waals surface area contributed by atoms with Crippen molar-refractivity contribution in [3.8, 4) is 0 Å². The highest BCUT2D eigenvalue weighted by Gasteiger charge is 2.27. The Kier molecular flexibility index (Phi) is 3.83. The van der Waals surface area contributed by atoms with Crippen molar-refractivity contribution >= 4 is 15.9 Å². The Labute approximate surface area is 109 Å². The lowest BCUT2D eigenvalue weighted by Gasteiger charge is -2.26. The van der Waals surface area contributed by atoms with Gasteiger partial charge in [-0.3, -0.25) is 4.90 Å². The number of nitrogens with zero attached hydrogens (tertiary/aromatic N) is 1. The molecule has 1 aromatic rings. The highest BCUT2D eigenvalue weighted by molar-refractivity contribution is 9.10. The fourth-order valence-corrected chi connectivity index (χ4v) is 2.88. The maximum Gasteiger partial charge on any atom is 0.159 e. The van der Waals surface area contributed by atoms with Gasteiger partial charge in [0.2, 0.25) is 0 Å². The van der Waals surface area contributed by atoms with E-state index in [1.807, 2.05) is 0 Å². The number of rotatable bonds is 2. The topological polar surface area (TPSA) is 3.24 Å². The number of hydrogen-bond acceptors (Lipinski definition) is 1. The second kappa shape index (κ2) is 5.02. The molecule has 1 nitrogen and oxygen atoms in total. The quantitative estimate of drug-likeness (QED) is 0.744. The van der Waals surface area contributed by atoms with Gasteiger partial charge in [0.05, 0.1) is 0 Å². The molecule has 0 amide bonds. The maximum absolute atomic E-state index is 13.2. The fraction of sp³-hybridized carbons (Fsp3) is 0.538. The van der Waals surface area contributed by atoms with E-state index in [2.05, 4.69) is 34.7 Å². The molecule has 94 valence electrons. The molecule has 1 aromatic carbocycles. The minimum absolute atomic E-state index is 0.505. The summed E-state index contributed by atoms with van der Waals surface area (Å²) in [5, 5.41) is 0. The first-order chi connectivity index (χ1) is 7.99. The molecule has 4 heteroatoms. The number of benzene rings is 1. The monoisotopic (exact) mass is 303 g/mol. The van der Waals surface area contributed by atoms with E-state index < -0.39 is 11.6 Å². The molecule has 0 bridgehead atoms. The molecule has 17 heavy (non-hydrogen) atoms. The summed E-state index contributed by atoms with van der Waals surface area (Å²) < 4.78 is 26.9. The molecule has 0 spiro atoms. The van der Waals surface area contributed by atoms with Crippen LogP contribution in [-0.2, 0) is 6.54 Å². The molecular formula is C13H16BrF2N. The lowest BCUT2D eigenvalue weighted by Crippen LogP contribution is -2.32. The summed E-state index contributed by atoms with van der Waals surface area (Å²) in [6, 6.07) is 3.50. The summed E-state index contributed by atoms with van der Waals surface area (Å²) in [4.78, 5) is 2.33. The van der Waals surface area contributed by atoms with E-state index >= 15 is 0 Å².